The van der Waals surface area contributed by atoms with E-state index >= 15 is 0 Å². The van der Waals surface area contributed by atoms with Gasteiger partial charge in [-0.1, -0.05) is 49.8 Å². The molecule has 2 nitrogen and oxygen atoms in total. The number of phenols is 2. The lowest BCUT2D eigenvalue weighted by Gasteiger charge is -2.34. The predicted molar refractivity (Wildman–Crippen MR) is 127 cm³/mol. The first-order valence-electron chi connectivity index (χ1n) is 10.9. The average molecular weight is 403 g/mol. The van der Waals surface area contributed by atoms with Crippen LogP contribution in [0.15, 0.2) is 67.3 Å². The summed E-state index contributed by atoms with van der Waals surface area (Å²) in [5.41, 5.74) is 5.84. The van der Waals surface area contributed by atoms with Crippen LogP contribution in [-0.2, 0) is 12.8 Å². The molecule has 1 aliphatic carbocycles. The second-order valence-electron chi connectivity index (χ2n) is 8.90. The summed E-state index contributed by atoms with van der Waals surface area (Å²) in [4.78, 5) is 0. The molecule has 0 amide bonds. The van der Waals surface area contributed by atoms with Gasteiger partial charge in [-0.25, -0.2) is 0 Å². The van der Waals surface area contributed by atoms with Crippen molar-refractivity contribution in [3.63, 3.8) is 0 Å². The molecule has 1 unspecified atom stereocenters. The molecule has 0 fully saturated rings. The van der Waals surface area contributed by atoms with Crippen molar-refractivity contribution in [3.8, 4) is 22.6 Å². The maximum atomic E-state index is 11.4. The summed E-state index contributed by atoms with van der Waals surface area (Å²) < 4.78 is 0. The first-order chi connectivity index (χ1) is 14.3. The van der Waals surface area contributed by atoms with Crippen molar-refractivity contribution in [2.45, 2.75) is 52.4 Å². The molecule has 1 aliphatic rings. The molecule has 0 saturated carbocycles. The highest BCUT2D eigenvalue weighted by Crippen LogP contribution is 2.47. The zero-order chi connectivity index (χ0) is 21.8. The molecule has 158 valence electrons. The van der Waals surface area contributed by atoms with E-state index in [0.29, 0.717) is 29.4 Å². The number of phenolic OH excluding ortho intramolecular Hbond substituents is 2. The normalized spacial score (nSPS) is 18.9. The minimum atomic E-state index is 0.167. The van der Waals surface area contributed by atoms with E-state index in [-0.39, 0.29) is 17.4 Å². The summed E-state index contributed by atoms with van der Waals surface area (Å²) in [5.74, 6) is 1.62. The van der Waals surface area contributed by atoms with Gasteiger partial charge in [0.2, 0.25) is 0 Å². The molecule has 0 aliphatic heterocycles. The molecule has 2 aromatic carbocycles. The van der Waals surface area contributed by atoms with Crippen LogP contribution < -0.4 is 0 Å². The van der Waals surface area contributed by atoms with E-state index in [1.807, 2.05) is 30.4 Å². The highest BCUT2D eigenvalue weighted by atomic mass is 16.3. The number of rotatable bonds is 7. The number of allylic oxidation sites excluding steroid dienone is 4. The van der Waals surface area contributed by atoms with Crippen LogP contribution in [0.3, 0.4) is 0 Å². The topological polar surface area (TPSA) is 40.5 Å². The number of benzene rings is 2. The molecule has 30 heavy (non-hydrogen) atoms. The molecule has 0 bridgehead atoms. The number of aromatic hydroxyl groups is 2. The highest BCUT2D eigenvalue weighted by molar-refractivity contribution is 5.78. The van der Waals surface area contributed by atoms with E-state index in [0.717, 1.165) is 36.0 Å². The molecule has 0 aromatic heterocycles. The van der Waals surface area contributed by atoms with Crippen LogP contribution in [0.1, 0.15) is 56.2 Å². The largest absolute Gasteiger partial charge is 0.507 e. The second-order valence-corrected chi connectivity index (χ2v) is 8.90. The van der Waals surface area contributed by atoms with Crippen molar-refractivity contribution in [1.29, 1.82) is 0 Å². The van der Waals surface area contributed by atoms with Crippen LogP contribution >= 0.6 is 0 Å². The molecule has 2 N–H and O–H groups in total. The molecule has 0 spiro atoms. The zero-order valence-corrected chi connectivity index (χ0v) is 18.5. The van der Waals surface area contributed by atoms with E-state index in [9.17, 15) is 10.2 Å². The van der Waals surface area contributed by atoms with Crippen LogP contribution in [0.4, 0.5) is 0 Å². The Morgan fingerprint density at radius 1 is 1.00 bits per heavy atom. The first-order valence-corrected chi connectivity index (χ1v) is 10.9. The van der Waals surface area contributed by atoms with Crippen LogP contribution in [0.2, 0.25) is 0 Å². The van der Waals surface area contributed by atoms with Gasteiger partial charge in [-0.3, -0.25) is 0 Å². The van der Waals surface area contributed by atoms with Gasteiger partial charge < -0.3 is 10.2 Å². The maximum Gasteiger partial charge on any atom is 0.127 e. The average Bonchev–Trinajstić information content (AvgIpc) is 2.71. The zero-order valence-electron chi connectivity index (χ0n) is 18.5. The van der Waals surface area contributed by atoms with Crippen LogP contribution in [0, 0.1) is 11.8 Å². The van der Waals surface area contributed by atoms with Gasteiger partial charge in [-0.05, 0) is 73.8 Å². The Morgan fingerprint density at radius 2 is 1.67 bits per heavy atom. The molecule has 0 radical (unpaired) electrons. The van der Waals surface area contributed by atoms with Gasteiger partial charge in [0.05, 0.1) is 0 Å². The van der Waals surface area contributed by atoms with E-state index in [1.54, 1.807) is 6.07 Å². The lowest BCUT2D eigenvalue weighted by atomic mass is 9.71. The van der Waals surface area contributed by atoms with Gasteiger partial charge in [0.25, 0.3) is 0 Å². The number of hydrogen-bond donors (Lipinski definition) is 2. The standard InChI is InChI=1S/C28H34O2/c1-6-8-20-11-13-27(29)24(15-20)26-17-21(9-7-2)16-25(28(26)30)23-14-19(5)10-12-22(23)18(3)4/h6-7,11,13-18,22-23,29-30H,1-2,8-10,12H2,3-5H3/t22-,23?/m0/s1. The fraction of sp³-hybridized carbons (Fsp3) is 0.357. The van der Waals surface area contributed by atoms with E-state index < -0.39 is 0 Å². The highest BCUT2D eigenvalue weighted by Gasteiger charge is 2.30. The van der Waals surface area contributed by atoms with Gasteiger partial charge in [0.15, 0.2) is 0 Å². The minimum absolute atomic E-state index is 0.167. The smallest absolute Gasteiger partial charge is 0.127 e. The molecule has 0 heterocycles. The minimum Gasteiger partial charge on any atom is -0.507 e. The third-order valence-corrected chi connectivity index (χ3v) is 6.32. The van der Waals surface area contributed by atoms with E-state index in [2.05, 4.69) is 46.1 Å². The first kappa shape index (κ1) is 22.0. The molecule has 3 rings (SSSR count). The van der Waals surface area contributed by atoms with E-state index in [4.69, 9.17) is 0 Å². The van der Waals surface area contributed by atoms with Crippen LogP contribution in [0.5, 0.6) is 11.5 Å². The summed E-state index contributed by atoms with van der Waals surface area (Å²) in [5, 5.41) is 22.0. The maximum absolute atomic E-state index is 11.4. The summed E-state index contributed by atoms with van der Waals surface area (Å²) >= 11 is 0. The Bertz CT molecular complexity index is 965. The number of hydrogen-bond acceptors (Lipinski definition) is 2. The van der Waals surface area contributed by atoms with Gasteiger partial charge in [0.1, 0.15) is 11.5 Å². The molecule has 2 atom stereocenters. The van der Waals surface area contributed by atoms with Crippen molar-refractivity contribution >= 4 is 0 Å². The molecule has 0 saturated heterocycles. The Hall–Kier alpha value is -2.74. The molecular weight excluding hydrogens is 368 g/mol. The van der Waals surface area contributed by atoms with Crippen LogP contribution in [0.25, 0.3) is 11.1 Å². The summed E-state index contributed by atoms with van der Waals surface area (Å²) in [6.07, 6.45) is 9.74. The quantitative estimate of drug-likeness (QED) is 0.476. The molecule has 2 aromatic rings. The van der Waals surface area contributed by atoms with Gasteiger partial charge in [-0.15, -0.1) is 13.2 Å². The Kier molecular flexibility index (Phi) is 6.87. The predicted octanol–water partition coefficient (Wildman–Crippen LogP) is 7.32. The van der Waals surface area contributed by atoms with Crippen molar-refractivity contribution in [1.82, 2.24) is 0 Å². The fourth-order valence-corrected chi connectivity index (χ4v) is 4.71. The summed E-state index contributed by atoms with van der Waals surface area (Å²) in [7, 11) is 0. The second kappa shape index (κ2) is 9.38. The Balaban J connectivity index is 2.22. The third-order valence-electron chi connectivity index (χ3n) is 6.32. The van der Waals surface area contributed by atoms with Gasteiger partial charge in [0, 0.05) is 22.6 Å². The van der Waals surface area contributed by atoms with E-state index in [1.165, 1.54) is 5.57 Å². The third kappa shape index (κ3) is 4.53. The van der Waals surface area contributed by atoms with Crippen LogP contribution in [-0.4, -0.2) is 10.2 Å². The Morgan fingerprint density at radius 3 is 2.33 bits per heavy atom. The van der Waals surface area contributed by atoms with Crippen molar-refractivity contribution in [2.24, 2.45) is 11.8 Å². The fourth-order valence-electron chi connectivity index (χ4n) is 4.71. The van der Waals surface area contributed by atoms with Crippen molar-refractivity contribution < 1.29 is 10.2 Å². The lowest BCUT2D eigenvalue weighted by Crippen LogP contribution is -2.21. The summed E-state index contributed by atoms with van der Waals surface area (Å²) in [6, 6.07) is 9.66. The SMILES string of the molecule is C=CCc1ccc(O)c(-c2cc(CC=C)cc(C3C=C(C)CC[C@H]3C(C)C)c2O)c1. The molecular formula is C28H34O2. The van der Waals surface area contributed by atoms with Gasteiger partial charge >= 0.3 is 0 Å². The Labute approximate surface area is 181 Å². The lowest BCUT2D eigenvalue weighted by molar-refractivity contribution is 0.310. The molecule has 2 heteroatoms. The monoisotopic (exact) mass is 402 g/mol. The van der Waals surface area contributed by atoms with Gasteiger partial charge in [-0.2, -0.15) is 0 Å². The van der Waals surface area contributed by atoms with Crippen molar-refractivity contribution in [3.05, 3.63) is 84.0 Å². The van der Waals surface area contributed by atoms with Crippen molar-refractivity contribution in [2.75, 3.05) is 0 Å². The summed E-state index contributed by atoms with van der Waals surface area (Å²) in [6.45, 7) is 14.4.